The lowest BCUT2D eigenvalue weighted by atomic mass is 10.00. The van der Waals surface area contributed by atoms with Crippen molar-refractivity contribution in [3.8, 4) is 22.3 Å². The fourth-order valence-corrected chi connectivity index (χ4v) is 5.37. The standard InChI is InChI=1S/C22H22S.C11H16S2/c1-16(2)23-22-14-12-21(13-15-22)20-10-8-19(9-11-20)18-6-4-17(3)5-7-18;1-9(2)13-8-11-5-3-10(7-12)4-6-11/h4-16H,1-3H3;3-6,9,12H,7-8H2,1-2H3. The highest BCUT2D eigenvalue weighted by Gasteiger charge is 2.02. The van der Waals surface area contributed by atoms with Crippen LogP contribution in [0.4, 0.5) is 0 Å². The molecule has 0 aliphatic rings. The first-order valence-electron chi connectivity index (χ1n) is 12.6. The van der Waals surface area contributed by atoms with E-state index in [1.807, 2.05) is 23.5 Å². The number of thioether (sulfide) groups is 2. The molecule has 0 N–H and O–H groups in total. The molecule has 0 nitrogen and oxygen atoms in total. The van der Waals surface area contributed by atoms with Crippen LogP contribution in [0.2, 0.25) is 0 Å². The molecule has 188 valence electrons. The van der Waals surface area contributed by atoms with Crippen molar-refractivity contribution in [1.29, 1.82) is 0 Å². The van der Waals surface area contributed by atoms with Crippen LogP contribution in [0.5, 0.6) is 0 Å². The predicted molar refractivity (Wildman–Crippen MR) is 169 cm³/mol. The molecule has 0 saturated carbocycles. The molecular weight excluding hydrogens is 493 g/mol. The highest BCUT2D eigenvalue weighted by Crippen LogP contribution is 2.28. The van der Waals surface area contributed by atoms with Gasteiger partial charge in [-0.3, -0.25) is 0 Å². The first-order valence-corrected chi connectivity index (χ1v) is 15.1. The fraction of sp³-hybridized carbons (Fsp3) is 0.273. The zero-order valence-electron chi connectivity index (χ0n) is 22.1. The van der Waals surface area contributed by atoms with Gasteiger partial charge in [-0.05, 0) is 57.7 Å². The second-order valence-electron chi connectivity index (χ2n) is 9.47. The minimum atomic E-state index is 0.620. The van der Waals surface area contributed by atoms with Crippen LogP contribution in [0.3, 0.4) is 0 Å². The van der Waals surface area contributed by atoms with Crippen LogP contribution < -0.4 is 0 Å². The van der Waals surface area contributed by atoms with Gasteiger partial charge in [0.25, 0.3) is 0 Å². The molecule has 0 atom stereocenters. The van der Waals surface area contributed by atoms with Gasteiger partial charge in [0.1, 0.15) is 0 Å². The number of hydrogen-bond donors (Lipinski definition) is 1. The molecule has 0 heterocycles. The zero-order valence-corrected chi connectivity index (χ0v) is 24.6. The molecule has 4 aromatic carbocycles. The van der Waals surface area contributed by atoms with E-state index in [1.165, 1.54) is 43.8 Å². The van der Waals surface area contributed by atoms with Crippen molar-refractivity contribution in [2.24, 2.45) is 0 Å². The Morgan fingerprint density at radius 2 is 0.972 bits per heavy atom. The quantitative estimate of drug-likeness (QED) is 0.178. The van der Waals surface area contributed by atoms with Gasteiger partial charge in [-0.15, -0.1) is 11.8 Å². The van der Waals surface area contributed by atoms with E-state index in [4.69, 9.17) is 0 Å². The molecule has 0 saturated heterocycles. The van der Waals surface area contributed by atoms with Crippen molar-refractivity contribution in [1.82, 2.24) is 0 Å². The summed E-state index contributed by atoms with van der Waals surface area (Å²) in [5.41, 5.74) is 9.07. The van der Waals surface area contributed by atoms with E-state index in [-0.39, 0.29) is 0 Å². The Morgan fingerprint density at radius 3 is 1.39 bits per heavy atom. The zero-order chi connectivity index (χ0) is 25.9. The molecule has 0 radical (unpaired) electrons. The number of thiol groups is 1. The van der Waals surface area contributed by atoms with Crippen molar-refractivity contribution in [3.63, 3.8) is 0 Å². The van der Waals surface area contributed by atoms with Crippen LogP contribution in [-0.4, -0.2) is 10.5 Å². The lowest BCUT2D eigenvalue weighted by Crippen LogP contribution is -1.89. The highest BCUT2D eigenvalue weighted by atomic mass is 32.2. The second kappa shape index (κ2) is 14.6. The Hall–Kier alpha value is -2.07. The number of hydrogen-bond acceptors (Lipinski definition) is 3. The van der Waals surface area contributed by atoms with Gasteiger partial charge in [0.05, 0.1) is 0 Å². The Morgan fingerprint density at radius 1 is 0.556 bits per heavy atom. The molecule has 0 aliphatic carbocycles. The molecule has 0 unspecified atom stereocenters. The van der Waals surface area contributed by atoms with Gasteiger partial charge in [0.15, 0.2) is 0 Å². The summed E-state index contributed by atoms with van der Waals surface area (Å²) < 4.78 is 0. The molecule has 36 heavy (non-hydrogen) atoms. The van der Waals surface area contributed by atoms with Gasteiger partial charge >= 0.3 is 0 Å². The van der Waals surface area contributed by atoms with E-state index in [0.29, 0.717) is 10.5 Å². The van der Waals surface area contributed by atoms with Gasteiger partial charge in [0.2, 0.25) is 0 Å². The van der Waals surface area contributed by atoms with Crippen LogP contribution in [0.25, 0.3) is 22.3 Å². The average Bonchev–Trinajstić information content (AvgIpc) is 2.89. The van der Waals surface area contributed by atoms with Crippen molar-refractivity contribution in [3.05, 3.63) is 114 Å². The van der Waals surface area contributed by atoms with E-state index < -0.39 is 0 Å². The first kappa shape index (κ1) is 28.5. The lowest BCUT2D eigenvalue weighted by molar-refractivity contribution is 1.11. The molecular formula is C33H38S3. The average molecular weight is 531 g/mol. The van der Waals surface area contributed by atoms with Crippen LogP contribution >= 0.6 is 36.2 Å². The maximum atomic E-state index is 4.22. The van der Waals surface area contributed by atoms with E-state index in [2.05, 4.69) is 144 Å². The highest BCUT2D eigenvalue weighted by molar-refractivity contribution is 8.00. The molecule has 0 bridgehead atoms. The van der Waals surface area contributed by atoms with Crippen molar-refractivity contribution < 1.29 is 0 Å². The number of benzene rings is 4. The number of rotatable bonds is 8. The molecule has 0 spiro atoms. The van der Waals surface area contributed by atoms with Gasteiger partial charge in [-0.1, -0.05) is 118 Å². The second-order valence-corrected chi connectivity index (χ2v) is 13.0. The number of aryl methyl sites for hydroxylation is 1. The summed E-state index contributed by atoms with van der Waals surface area (Å²) in [6.45, 7) is 11.0. The van der Waals surface area contributed by atoms with Crippen LogP contribution in [-0.2, 0) is 11.5 Å². The van der Waals surface area contributed by atoms with E-state index >= 15 is 0 Å². The van der Waals surface area contributed by atoms with Gasteiger partial charge in [-0.25, -0.2) is 0 Å². The molecule has 0 amide bonds. The largest absolute Gasteiger partial charge is 0.175 e. The summed E-state index contributed by atoms with van der Waals surface area (Å²) in [5.74, 6) is 1.95. The van der Waals surface area contributed by atoms with Crippen LogP contribution in [0.15, 0.2) is 102 Å². The summed E-state index contributed by atoms with van der Waals surface area (Å²) in [6, 6.07) is 35.1. The van der Waals surface area contributed by atoms with E-state index in [9.17, 15) is 0 Å². The maximum Gasteiger partial charge on any atom is 0.0187 e. The summed E-state index contributed by atoms with van der Waals surface area (Å²) in [7, 11) is 0. The first-order chi connectivity index (χ1) is 17.3. The third kappa shape index (κ3) is 9.42. The minimum Gasteiger partial charge on any atom is -0.175 e. The Labute approximate surface area is 232 Å². The lowest BCUT2D eigenvalue weighted by Gasteiger charge is -2.08. The normalized spacial score (nSPS) is 10.9. The SMILES string of the molecule is CC(C)SCc1ccc(CS)cc1.Cc1ccc(-c2ccc(-c3ccc(SC(C)C)cc3)cc2)cc1. The fourth-order valence-electron chi connectivity index (χ4n) is 3.60. The van der Waals surface area contributed by atoms with Crippen LogP contribution in [0, 0.1) is 6.92 Å². The van der Waals surface area contributed by atoms with Gasteiger partial charge in [-0.2, -0.15) is 24.4 Å². The Kier molecular flexibility index (Phi) is 11.6. The molecule has 0 aliphatic heterocycles. The summed E-state index contributed by atoms with van der Waals surface area (Å²) >= 11 is 8.11. The molecule has 4 rings (SSSR count). The summed E-state index contributed by atoms with van der Waals surface area (Å²) in [4.78, 5) is 1.33. The summed E-state index contributed by atoms with van der Waals surface area (Å²) in [6.07, 6.45) is 0. The molecule has 0 aromatic heterocycles. The Bertz CT molecular complexity index is 1160. The van der Waals surface area contributed by atoms with Crippen molar-refractivity contribution in [2.75, 3.05) is 0 Å². The topological polar surface area (TPSA) is 0 Å². The minimum absolute atomic E-state index is 0.620. The van der Waals surface area contributed by atoms with Gasteiger partial charge < -0.3 is 0 Å². The molecule has 3 heteroatoms. The Balaban J connectivity index is 0.000000236. The van der Waals surface area contributed by atoms with E-state index in [0.717, 1.165) is 11.5 Å². The van der Waals surface area contributed by atoms with Crippen molar-refractivity contribution >= 4 is 36.2 Å². The molecule has 4 aromatic rings. The monoisotopic (exact) mass is 530 g/mol. The maximum absolute atomic E-state index is 4.22. The third-order valence-corrected chi connectivity index (χ3v) is 8.17. The summed E-state index contributed by atoms with van der Waals surface area (Å²) in [5, 5.41) is 1.33. The van der Waals surface area contributed by atoms with Crippen LogP contribution in [0.1, 0.15) is 44.4 Å². The van der Waals surface area contributed by atoms with Crippen molar-refractivity contribution in [2.45, 2.75) is 61.5 Å². The molecule has 0 fully saturated rings. The predicted octanol–water partition coefficient (Wildman–Crippen LogP) is 10.6. The van der Waals surface area contributed by atoms with E-state index in [1.54, 1.807) is 0 Å². The smallest absolute Gasteiger partial charge is 0.0187 e. The third-order valence-electron chi connectivity index (χ3n) is 5.62. The van der Waals surface area contributed by atoms with Gasteiger partial charge in [0, 0.05) is 21.7 Å².